The van der Waals surface area contributed by atoms with Gasteiger partial charge in [0.2, 0.25) is 0 Å². The van der Waals surface area contributed by atoms with E-state index in [0.29, 0.717) is 34.0 Å². The Morgan fingerprint density at radius 2 is 1.71 bits per heavy atom. The number of ether oxygens (including phenoxy) is 2. The van der Waals surface area contributed by atoms with Crippen molar-refractivity contribution in [3.05, 3.63) is 101 Å². The molecule has 0 unspecified atom stereocenters. The Kier molecular flexibility index (Phi) is 7.62. The average molecular weight is 559 g/mol. The molecule has 0 aliphatic carbocycles. The molecule has 0 spiro atoms. The fourth-order valence-electron chi connectivity index (χ4n) is 5.00. The van der Waals surface area contributed by atoms with E-state index in [4.69, 9.17) is 9.47 Å². The number of benzene rings is 2. The van der Waals surface area contributed by atoms with Crippen molar-refractivity contribution in [3.63, 3.8) is 0 Å². The van der Waals surface area contributed by atoms with E-state index < -0.39 is 11.6 Å². The third kappa shape index (κ3) is 5.99. The third-order valence-corrected chi connectivity index (χ3v) is 6.81. The van der Waals surface area contributed by atoms with Gasteiger partial charge in [-0.2, -0.15) is 0 Å². The number of amides is 1. The van der Waals surface area contributed by atoms with Gasteiger partial charge in [-0.25, -0.2) is 13.8 Å². The molecular weight excluding hydrogens is 526 g/mol. The summed E-state index contributed by atoms with van der Waals surface area (Å²) in [6, 6.07) is 14.5. The Morgan fingerprint density at radius 1 is 0.951 bits per heavy atom. The first kappa shape index (κ1) is 28.0. The molecule has 1 aliphatic heterocycles. The van der Waals surface area contributed by atoms with Crippen LogP contribution in [0, 0.1) is 11.6 Å². The number of fused-ring (bicyclic) bond motifs is 1. The summed E-state index contributed by atoms with van der Waals surface area (Å²) in [5, 5.41) is 3.37. The number of nitrogens with one attached hydrogen (secondary N) is 1. The number of rotatable bonds is 8. The van der Waals surface area contributed by atoms with Crippen LogP contribution < -0.4 is 14.8 Å². The van der Waals surface area contributed by atoms with Gasteiger partial charge < -0.3 is 19.7 Å². The van der Waals surface area contributed by atoms with Gasteiger partial charge in [-0.05, 0) is 68.8 Å². The maximum atomic E-state index is 14.8. The number of carbonyl (C=O) groups is 1. The first-order valence-corrected chi connectivity index (χ1v) is 13.3. The molecule has 1 aliphatic rings. The molecule has 3 heterocycles. The van der Waals surface area contributed by atoms with Crippen molar-refractivity contribution in [2.45, 2.75) is 45.8 Å². The van der Waals surface area contributed by atoms with Crippen LogP contribution in [0.3, 0.4) is 0 Å². The van der Waals surface area contributed by atoms with Crippen molar-refractivity contribution in [2.75, 3.05) is 19.5 Å². The normalized spacial score (nSPS) is 12.9. The predicted molar refractivity (Wildman–Crippen MR) is 153 cm³/mol. The Labute approximate surface area is 238 Å². The lowest BCUT2D eigenvalue weighted by Gasteiger charge is -2.21. The van der Waals surface area contributed by atoms with Crippen molar-refractivity contribution in [1.82, 2.24) is 14.9 Å². The second kappa shape index (κ2) is 11.2. The molecule has 41 heavy (non-hydrogen) atoms. The minimum absolute atomic E-state index is 0.129. The largest absolute Gasteiger partial charge is 0.497 e. The van der Waals surface area contributed by atoms with E-state index >= 15 is 0 Å². The van der Waals surface area contributed by atoms with E-state index in [1.807, 2.05) is 18.2 Å². The van der Waals surface area contributed by atoms with Crippen molar-refractivity contribution < 1.29 is 23.0 Å². The number of hydrogen-bond acceptors (Lipinski definition) is 6. The summed E-state index contributed by atoms with van der Waals surface area (Å²) in [4.78, 5) is 24.6. The minimum Gasteiger partial charge on any atom is -0.497 e. The van der Waals surface area contributed by atoms with Crippen LogP contribution in [-0.4, -0.2) is 40.5 Å². The summed E-state index contributed by atoms with van der Waals surface area (Å²) in [6.45, 7) is 6.62. The number of methoxy groups -OCH3 is 2. The van der Waals surface area contributed by atoms with E-state index in [2.05, 4.69) is 36.1 Å². The van der Waals surface area contributed by atoms with Gasteiger partial charge in [0, 0.05) is 29.3 Å². The highest BCUT2D eigenvalue weighted by Crippen LogP contribution is 2.34. The zero-order valence-corrected chi connectivity index (χ0v) is 23.7. The summed E-state index contributed by atoms with van der Waals surface area (Å²) in [5.74, 6) is -0.430. The number of anilines is 1. The van der Waals surface area contributed by atoms with Gasteiger partial charge >= 0.3 is 0 Å². The van der Waals surface area contributed by atoms with Gasteiger partial charge in [0.05, 0.1) is 61.7 Å². The molecular formula is C32H32F2N4O3. The molecule has 2 aromatic carbocycles. The van der Waals surface area contributed by atoms with Crippen LogP contribution in [0.5, 0.6) is 11.5 Å². The summed E-state index contributed by atoms with van der Waals surface area (Å²) >= 11 is 0. The average Bonchev–Trinajstić information content (AvgIpc) is 3.24. The van der Waals surface area contributed by atoms with Crippen LogP contribution >= 0.6 is 0 Å². The molecule has 2 aromatic heterocycles. The smallest absolute Gasteiger partial charge is 0.256 e. The highest BCUT2D eigenvalue weighted by molar-refractivity contribution is 5.99. The monoisotopic (exact) mass is 558 g/mol. The molecule has 0 saturated heterocycles. The lowest BCUT2D eigenvalue weighted by molar-refractivity contribution is 0.0764. The SMILES string of the molecule is COc1ccc(CN2Cc3nc(-c4c(F)cccc4F)cc(Cc4ccc(NC(C)(C)C)cn4)c3C2=O)c(OC)c1. The Morgan fingerprint density at radius 3 is 2.34 bits per heavy atom. The first-order chi connectivity index (χ1) is 19.6. The number of aromatic nitrogens is 2. The van der Waals surface area contributed by atoms with Crippen LogP contribution in [0.2, 0.25) is 0 Å². The molecule has 0 saturated carbocycles. The van der Waals surface area contributed by atoms with E-state index in [9.17, 15) is 13.6 Å². The quantitative estimate of drug-likeness (QED) is 0.270. The van der Waals surface area contributed by atoms with E-state index in [1.165, 1.54) is 18.2 Å². The molecule has 5 rings (SSSR count). The summed E-state index contributed by atoms with van der Waals surface area (Å²) in [6.07, 6.45) is 2.03. The van der Waals surface area contributed by atoms with Crippen LogP contribution in [0.4, 0.5) is 14.5 Å². The highest BCUT2D eigenvalue weighted by Gasteiger charge is 2.33. The Hall–Kier alpha value is -4.53. The zero-order chi connectivity index (χ0) is 29.3. The van der Waals surface area contributed by atoms with Crippen LogP contribution in [0.25, 0.3) is 11.3 Å². The second-order valence-electron chi connectivity index (χ2n) is 11.0. The highest BCUT2D eigenvalue weighted by atomic mass is 19.1. The third-order valence-electron chi connectivity index (χ3n) is 6.81. The van der Waals surface area contributed by atoms with Gasteiger partial charge in [-0.1, -0.05) is 6.07 Å². The number of nitrogens with zero attached hydrogens (tertiary/aromatic N) is 3. The standard InChI is InChI=1S/C32H32F2N4O3/c1-32(2,3)37-22-11-10-21(35-16-22)13-20-14-26(30-24(33)7-6-8-25(30)34)36-27-18-38(31(39)29(20)27)17-19-9-12-23(40-4)15-28(19)41-5/h6-12,14-16,37H,13,17-18H2,1-5H3. The predicted octanol–water partition coefficient (Wildman–Crippen LogP) is 6.40. The number of carbonyl (C=O) groups excluding carboxylic acids is 1. The van der Waals surface area contributed by atoms with E-state index in [0.717, 1.165) is 11.3 Å². The zero-order valence-electron chi connectivity index (χ0n) is 23.7. The van der Waals surface area contributed by atoms with Crippen molar-refractivity contribution in [2.24, 2.45) is 0 Å². The topological polar surface area (TPSA) is 76.6 Å². The van der Waals surface area contributed by atoms with Crippen molar-refractivity contribution >= 4 is 11.6 Å². The fourth-order valence-corrected chi connectivity index (χ4v) is 5.00. The van der Waals surface area contributed by atoms with Gasteiger partial charge in [-0.15, -0.1) is 0 Å². The van der Waals surface area contributed by atoms with Crippen LogP contribution in [0.1, 0.15) is 53.6 Å². The lowest BCUT2D eigenvalue weighted by Crippen LogP contribution is -2.26. The Balaban J connectivity index is 1.53. The van der Waals surface area contributed by atoms with Gasteiger partial charge in [0.1, 0.15) is 23.1 Å². The van der Waals surface area contributed by atoms with Gasteiger partial charge in [0.25, 0.3) is 5.91 Å². The van der Waals surface area contributed by atoms with Crippen molar-refractivity contribution in [1.29, 1.82) is 0 Å². The summed E-state index contributed by atoms with van der Waals surface area (Å²) < 4.78 is 40.4. The molecule has 7 nitrogen and oxygen atoms in total. The lowest BCUT2D eigenvalue weighted by atomic mass is 9.98. The molecule has 9 heteroatoms. The van der Waals surface area contributed by atoms with E-state index in [1.54, 1.807) is 43.5 Å². The maximum Gasteiger partial charge on any atom is 0.256 e. The van der Waals surface area contributed by atoms with Crippen LogP contribution in [0.15, 0.2) is 60.8 Å². The van der Waals surface area contributed by atoms with Gasteiger partial charge in [-0.3, -0.25) is 9.78 Å². The van der Waals surface area contributed by atoms with Gasteiger partial charge in [0.15, 0.2) is 0 Å². The molecule has 0 bridgehead atoms. The fraction of sp³-hybridized carbons (Fsp3) is 0.281. The van der Waals surface area contributed by atoms with Crippen LogP contribution in [-0.2, 0) is 19.5 Å². The molecule has 0 radical (unpaired) electrons. The molecule has 0 atom stereocenters. The number of halogens is 2. The number of hydrogen-bond donors (Lipinski definition) is 1. The van der Waals surface area contributed by atoms with E-state index in [-0.39, 0.29) is 42.2 Å². The second-order valence-corrected chi connectivity index (χ2v) is 11.0. The summed E-state index contributed by atoms with van der Waals surface area (Å²) in [5.41, 5.74) is 3.64. The molecule has 1 amide bonds. The molecule has 1 N–H and O–H groups in total. The molecule has 4 aromatic rings. The maximum absolute atomic E-state index is 14.8. The minimum atomic E-state index is -0.719. The molecule has 212 valence electrons. The number of pyridine rings is 2. The Bertz CT molecular complexity index is 1580. The summed E-state index contributed by atoms with van der Waals surface area (Å²) in [7, 11) is 3.13. The molecule has 0 fully saturated rings. The first-order valence-electron chi connectivity index (χ1n) is 13.3. The van der Waals surface area contributed by atoms with Crippen molar-refractivity contribution in [3.8, 4) is 22.8 Å².